The number of Topliss-reactive ketones (excluding diaryl/α,β-unsaturated/α-hetero) is 1. The lowest BCUT2D eigenvalue weighted by Gasteiger charge is -2.01. The lowest BCUT2D eigenvalue weighted by Crippen LogP contribution is -1.98. The molecule has 0 aromatic rings. The van der Waals surface area contributed by atoms with Gasteiger partial charge < -0.3 is 0 Å². The average molecular weight is 240 g/mol. The highest BCUT2D eigenvalue weighted by Gasteiger charge is 2.28. The fraction of sp³-hybridized carbons (Fsp3) is 0.235. The van der Waals surface area contributed by atoms with Gasteiger partial charge in [-0.1, -0.05) is 63.5 Å². The number of hydrogen-bond acceptors (Lipinski definition) is 1. The van der Waals surface area contributed by atoms with Crippen molar-refractivity contribution in [3.8, 4) is 0 Å². The van der Waals surface area contributed by atoms with Crippen LogP contribution in [0, 0.1) is 0 Å². The Morgan fingerprint density at radius 1 is 1.06 bits per heavy atom. The molecule has 18 heavy (non-hydrogen) atoms. The first-order chi connectivity index (χ1) is 8.71. The molecular formula is C17H20O. The van der Waals surface area contributed by atoms with Gasteiger partial charge in [0.15, 0.2) is 5.78 Å². The summed E-state index contributed by atoms with van der Waals surface area (Å²) in [5, 5.41) is 0. The molecule has 0 N–H and O–H groups in total. The normalized spacial score (nSPS) is 20.4. The Morgan fingerprint density at radius 3 is 2.28 bits per heavy atom. The van der Waals surface area contributed by atoms with Crippen molar-refractivity contribution in [2.24, 2.45) is 0 Å². The van der Waals surface area contributed by atoms with Crippen LogP contribution >= 0.6 is 0 Å². The minimum absolute atomic E-state index is 0.0641. The van der Waals surface area contributed by atoms with Crippen LogP contribution in [0.2, 0.25) is 0 Å². The van der Waals surface area contributed by atoms with E-state index in [9.17, 15) is 4.79 Å². The number of ketones is 1. The van der Waals surface area contributed by atoms with Crippen molar-refractivity contribution in [2.75, 3.05) is 0 Å². The zero-order chi connectivity index (χ0) is 13.5. The maximum Gasteiger partial charge on any atom is 0.194 e. The summed E-state index contributed by atoms with van der Waals surface area (Å²) in [7, 11) is 0. The number of carbonyl (C=O) groups excluding carboxylic acids is 1. The number of carbonyl (C=O) groups is 1. The summed E-state index contributed by atoms with van der Waals surface area (Å²) in [5.41, 5.74) is 3.37. The van der Waals surface area contributed by atoms with Crippen molar-refractivity contribution in [3.05, 3.63) is 71.9 Å². The summed E-state index contributed by atoms with van der Waals surface area (Å²) in [4.78, 5) is 12.3. The van der Waals surface area contributed by atoms with E-state index in [-0.39, 0.29) is 5.78 Å². The van der Waals surface area contributed by atoms with Crippen LogP contribution in [0.1, 0.15) is 26.7 Å². The van der Waals surface area contributed by atoms with Gasteiger partial charge in [0.1, 0.15) is 0 Å². The Morgan fingerprint density at radius 2 is 1.78 bits per heavy atom. The molecule has 1 nitrogen and oxygen atoms in total. The van der Waals surface area contributed by atoms with Gasteiger partial charge in [-0.2, -0.15) is 0 Å². The van der Waals surface area contributed by atoms with Crippen molar-refractivity contribution >= 4 is 5.78 Å². The fourth-order valence-electron chi connectivity index (χ4n) is 2.01. The molecule has 1 rings (SSSR count). The second-order valence-corrected chi connectivity index (χ2v) is 4.01. The molecule has 1 heteroatoms. The molecule has 0 spiro atoms. The topological polar surface area (TPSA) is 17.1 Å². The third kappa shape index (κ3) is 2.67. The molecule has 0 unspecified atom stereocenters. The predicted molar refractivity (Wildman–Crippen MR) is 78.3 cm³/mol. The van der Waals surface area contributed by atoms with E-state index in [0.717, 1.165) is 35.1 Å². The summed E-state index contributed by atoms with van der Waals surface area (Å²) in [5.74, 6) is 0.0641. The van der Waals surface area contributed by atoms with Crippen LogP contribution in [0.25, 0.3) is 0 Å². The van der Waals surface area contributed by atoms with Gasteiger partial charge in [-0.05, 0) is 24.0 Å². The molecule has 0 aromatic heterocycles. The maximum absolute atomic E-state index is 12.3. The molecule has 0 radical (unpaired) electrons. The summed E-state index contributed by atoms with van der Waals surface area (Å²) >= 11 is 0. The fourth-order valence-corrected chi connectivity index (χ4v) is 2.01. The van der Waals surface area contributed by atoms with Gasteiger partial charge in [0.25, 0.3) is 0 Å². The minimum Gasteiger partial charge on any atom is -0.289 e. The van der Waals surface area contributed by atoms with Crippen molar-refractivity contribution in [1.82, 2.24) is 0 Å². The van der Waals surface area contributed by atoms with E-state index >= 15 is 0 Å². The van der Waals surface area contributed by atoms with Gasteiger partial charge in [0.05, 0.1) is 0 Å². The van der Waals surface area contributed by atoms with Crippen molar-refractivity contribution < 1.29 is 4.79 Å². The van der Waals surface area contributed by atoms with E-state index in [1.54, 1.807) is 18.2 Å². The highest BCUT2D eigenvalue weighted by atomic mass is 16.1. The molecule has 1 aliphatic rings. The molecule has 0 atom stereocenters. The Labute approximate surface area is 110 Å². The number of rotatable bonds is 5. The van der Waals surface area contributed by atoms with E-state index in [0.29, 0.717) is 0 Å². The number of hydrogen-bond donors (Lipinski definition) is 0. The highest BCUT2D eigenvalue weighted by Crippen LogP contribution is 2.35. The van der Waals surface area contributed by atoms with Crippen LogP contribution in [0.5, 0.6) is 0 Å². The molecule has 0 bridgehead atoms. The highest BCUT2D eigenvalue weighted by molar-refractivity contribution is 6.19. The first-order valence-electron chi connectivity index (χ1n) is 6.32. The third-order valence-corrected chi connectivity index (χ3v) is 2.78. The van der Waals surface area contributed by atoms with Crippen LogP contribution in [0.4, 0.5) is 0 Å². The van der Waals surface area contributed by atoms with Crippen molar-refractivity contribution in [1.29, 1.82) is 0 Å². The predicted octanol–water partition coefficient (Wildman–Crippen LogP) is 4.47. The van der Waals surface area contributed by atoms with Gasteiger partial charge >= 0.3 is 0 Å². The molecule has 0 saturated heterocycles. The second kappa shape index (κ2) is 6.75. The quantitative estimate of drug-likeness (QED) is 0.648. The summed E-state index contributed by atoms with van der Waals surface area (Å²) in [6.07, 6.45) is 13.0. The van der Waals surface area contributed by atoms with Gasteiger partial charge in [-0.3, -0.25) is 4.79 Å². The molecule has 94 valence electrons. The summed E-state index contributed by atoms with van der Waals surface area (Å²) < 4.78 is 0. The minimum atomic E-state index is 0.0641. The molecule has 0 heterocycles. The van der Waals surface area contributed by atoms with E-state index in [1.807, 2.05) is 19.1 Å². The van der Waals surface area contributed by atoms with Crippen LogP contribution in [0.15, 0.2) is 71.9 Å². The van der Waals surface area contributed by atoms with Crippen molar-refractivity contribution in [3.63, 3.8) is 0 Å². The molecule has 0 aromatic carbocycles. The zero-order valence-corrected chi connectivity index (χ0v) is 11.2. The zero-order valence-electron chi connectivity index (χ0n) is 11.2. The van der Waals surface area contributed by atoms with Crippen LogP contribution in [0.3, 0.4) is 0 Å². The SMILES string of the molecule is C=C/C=C1C(=O)C(/C=C\CC)=C(C=C)C/1=C/CC. The molecule has 0 amide bonds. The molecule has 0 fully saturated rings. The Balaban J connectivity index is 3.40. The van der Waals surface area contributed by atoms with E-state index < -0.39 is 0 Å². The van der Waals surface area contributed by atoms with E-state index in [4.69, 9.17) is 0 Å². The smallest absolute Gasteiger partial charge is 0.194 e. The molecular weight excluding hydrogens is 220 g/mol. The summed E-state index contributed by atoms with van der Waals surface area (Å²) in [6.45, 7) is 11.6. The second-order valence-electron chi connectivity index (χ2n) is 4.01. The van der Waals surface area contributed by atoms with Crippen LogP contribution in [-0.4, -0.2) is 5.78 Å². The third-order valence-electron chi connectivity index (χ3n) is 2.78. The Bertz CT molecular complexity index is 482. The van der Waals surface area contributed by atoms with Gasteiger partial charge in [-0.15, -0.1) is 0 Å². The largest absolute Gasteiger partial charge is 0.289 e. The maximum atomic E-state index is 12.3. The van der Waals surface area contributed by atoms with Gasteiger partial charge in [0, 0.05) is 11.1 Å². The first-order valence-corrected chi connectivity index (χ1v) is 6.32. The Kier molecular flexibility index (Phi) is 5.31. The Hall–Kier alpha value is -1.89. The molecule has 1 aliphatic carbocycles. The molecule has 0 aliphatic heterocycles. The molecule has 0 saturated carbocycles. The lowest BCUT2D eigenvalue weighted by molar-refractivity contribution is -0.111. The standard InChI is InChI=1S/C17H20O/c1-5-9-12-16-13(8-4)14(10-6-2)15(11-7-3)17(16)18/h7-12H,3-6H2,1-2H3/b12-9-,14-10-,15-11+. The summed E-state index contributed by atoms with van der Waals surface area (Å²) in [6, 6.07) is 0. The lowest BCUT2D eigenvalue weighted by atomic mass is 10.0. The van der Waals surface area contributed by atoms with Crippen molar-refractivity contribution in [2.45, 2.75) is 26.7 Å². The average Bonchev–Trinajstić information content (AvgIpc) is 2.61. The monoisotopic (exact) mass is 240 g/mol. The van der Waals surface area contributed by atoms with E-state index in [2.05, 4.69) is 26.2 Å². The van der Waals surface area contributed by atoms with Gasteiger partial charge in [0.2, 0.25) is 0 Å². The van der Waals surface area contributed by atoms with E-state index in [1.165, 1.54) is 0 Å². The van der Waals surface area contributed by atoms with Crippen LogP contribution in [-0.2, 0) is 4.79 Å². The number of allylic oxidation sites excluding steroid dienone is 10. The van der Waals surface area contributed by atoms with Gasteiger partial charge in [-0.25, -0.2) is 0 Å². The first kappa shape index (κ1) is 14.2. The van der Waals surface area contributed by atoms with Crippen LogP contribution < -0.4 is 0 Å².